The zero-order chi connectivity index (χ0) is 6.69. The van der Waals surface area contributed by atoms with E-state index in [2.05, 4.69) is 0 Å². The molecule has 1 aliphatic rings. The molecule has 0 heterocycles. The number of hydrogen-bond donors (Lipinski definition) is 1. The zero-order valence-corrected chi connectivity index (χ0v) is 8.02. The van der Waals surface area contributed by atoms with Crippen molar-refractivity contribution in [3.8, 4) is 0 Å². The Morgan fingerprint density at radius 1 is 1.27 bits per heavy atom. The number of methoxy groups -OCH3 is 2. The van der Waals surface area contributed by atoms with Gasteiger partial charge in [0, 0.05) is 20.6 Å². The first kappa shape index (κ1) is 13.7. The van der Waals surface area contributed by atoms with E-state index in [1.54, 1.807) is 14.2 Å². The van der Waals surface area contributed by atoms with E-state index in [-0.39, 0.29) is 24.8 Å². The lowest BCUT2D eigenvalue weighted by molar-refractivity contribution is -0.109. The first-order valence-corrected chi connectivity index (χ1v) is 3.42. The molecule has 0 saturated heterocycles. The molecular weight excluding hydrogens is 166 g/mol. The summed E-state index contributed by atoms with van der Waals surface area (Å²) in [4.78, 5) is 0. The van der Waals surface area contributed by atoms with Gasteiger partial charge in [-0.15, -0.1) is 12.4 Å². The summed E-state index contributed by atoms with van der Waals surface area (Å²) in [5, 5.41) is 0. The van der Waals surface area contributed by atoms with Crippen LogP contribution in [-0.2, 0) is 9.47 Å². The van der Waals surface area contributed by atoms with Crippen molar-refractivity contribution in [2.45, 2.75) is 25.6 Å². The maximum absolute atomic E-state index is 5.03. The van der Waals surface area contributed by atoms with Crippen molar-refractivity contribution in [1.82, 2.24) is 6.15 Å². The minimum atomic E-state index is 0. The quantitative estimate of drug-likeness (QED) is 0.679. The van der Waals surface area contributed by atoms with Gasteiger partial charge in [0.25, 0.3) is 0 Å². The Balaban J connectivity index is 0. The molecule has 0 amide bonds. The largest absolute Gasteiger partial charge is 0.356 e. The fourth-order valence-electron chi connectivity index (χ4n) is 0.914. The van der Waals surface area contributed by atoms with Crippen LogP contribution in [0.2, 0.25) is 0 Å². The molecule has 0 spiro atoms. The van der Waals surface area contributed by atoms with Gasteiger partial charge in [0.05, 0.1) is 0 Å². The molecule has 3 nitrogen and oxygen atoms in total. The molecule has 0 bridgehead atoms. The fraction of sp³-hybridized carbons (Fsp3) is 1.00. The van der Waals surface area contributed by atoms with Crippen molar-refractivity contribution in [2.75, 3.05) is 14.2 Å². The highest BCUT2D eigenvalue weighted by Gasteiger charge is 2.24. The molecule has 1 rings (SSSR count). The van der Waals surface area contributed by atoms with Gasteiger partial charge in [0.15, 0.2) is 6.29 Å². The van der Waals surface area contributed by atoms with E-state index in [1.807, 2.05) is 0 Å². The summed E-state index contributed by atoms with van der Waals surface area (Å²) in [6.45, 7) is 0. The topological polar surface area (TPSA) is 53.5 Å². The van der Waals surface area contributed by atoms with Gasteiger partial charge in [-0.1, -0.05) is 0 Å². The van der Waals surface area contributed by atoms with E-state index in [9.17, 15) is 0 Å². The van der Waals surface area contributed by atoms with Gasteiger partial charge in [0.1, 0.15) is 0 Å². The Hall–Kier alpha value is 0.170. The highest BCUT2D eigenvalue weighted by Crippen LogP contribution is 2.34. The van der Waals surface area contributed by atoms with E-state index in [0.29, 0.717) is 0 Å². The van der Waals surface area contributed by atoms with Gasteiger partial charge in [-0.05, 0) is 18.8 Å². The fourth-order valence-corrected chi connectivity index (χ4v) is 0.914. The van der Waals surface area contributed by atoms with Crippen LogP contribution in [-0.4, -0.2) is 20.5 Å². The summed E-state index contributed by atoms with van der Waals surface area (Å²) in [5.41, 5.74) is 0. The molecule has 0 aromatic carbocycles. The summed E-state index contributed by atoms with van der Waals surface area (Å²) in [6.07, 6.45) is 3.84. The van der Waals surface area contributed by atoms with Crippen LogP contribution >= 0.6 is 12.4 Å². The second-order valence-corrected chi connectivity index (χ2v) is 2.58. The highest BCUT2D eigenvalue weighted by atomic mass is 35.5. The lowest BCUT2D eigenvalue weighted by Crippen LogP contribution is -2.13. The Morgan fingerprint density at radius 3 is 2.00 bits per heavy atom. The number of rotatable bonds is 4. The van der Waals surface area contributed by atoms with E-state index in [0.717, 1.165) is 12.3 Å². The second-order valence-electron chi connectivity index (χ2n) is 2.58. The summed E-state index contributed by atoms with van der Waals surface area (Å²) in [7, 11) is 3.38. The number of hydrogen-bond acceptors (Lipinski definition) is 3. The van der Waals surface area contributed by atoms with Gasteiger partial charge in [-0.25, -0.2) is 0 Å². The van der Waals surface area contributed by atoms with Crippen LogP contribution in [0.4, 0.5) is 0 Å². The maximum atomic E-state index is 5.03. The predicted octanol–water partition coefficient (Wildman–Crippen LogP) is 1.99. The first-order chi connectivity index (χ1) is 4.36. The molecule has 4 heteroatoms. The Bertz CT molecular complexity index is 84.5. The van der Waals surface area contributed by atoms with E-state index >= 15 is 0 Å². The van der Waals surface area contributed by atoms with Crippen LogP contribution in [0, 0.1) is 5.92 Å². The Morgan fingerprint density at radius 2 is 1.73 bits per heavy atom. The average Bonchev–Trinajstić information content (AvgIpc) is 2.66. The van der Waals surface area contributed by atoms with Crippen LogP contribution in [0.15, 0.2) is 0 Å². The van der Waals surface area contributed by atoms with Gasteiger partial charge in [-0.2, -0.15) is 0 Å². The molecule has 3 N–H and O–H groups in total. The van der Waals surface area contributed by atoms with Crippen molar-refractivity contribution in [1.29, 1.82) is 0 Å². The third kappa shape index (κ3) is 5.44. The minimum Gasteiger partial charge on any atom is -0.356 e. The SMILES string of the molecule is COC(CC1CC1)OC.Cl.N. The van der Waals surface area contributed by atoms with Crippen LogP contribution < -0.4 is 6.15 Å². The molecule has 0 aromatic heterocycles. The summed E-state index contributed by atoms with van der Waals surface area (Å²) >= 11 is 0. The smallest absolute Gasteiger partial charge is 0.157 e. The van der Waals surface area contributed by atoms with Gasteiger partial charge in [-0.3, -0.25) is 0 Å². The predicted molar refractivity (Wildman–Crippen MR) is 47.4 cm³/mol. The van der Waals surface area contributed by atoms with E-state index in [1.165, 1.54) is 12.8 Å². The first-order valence-electron chi connectivity index (χ1n) is 3.42. The van der Waals surface area contributed by atoms with E-state index in [4.69, 9.17) is 9.47 Å². The minimum absolute atomic E-state index is 0. The van der Waals surface area contributed by atoms with Crippen LogP contribution in [0.25, 0.3) is 0 Å². The van der Waals surface area contributed by atoms with Crippen molar-refractivity contribution in [3.63, 3.8) is 0 Å². The Labute approximate surface area is 74.4 Å². The van der Waals surface area contributed by atoms with Crippen molar-refractivity contribution in [3.05, 3.63) is 0 Å². The molecule has 0 atom stereocenters. The normalized spacial score (nSPS) is 15.5. The standard InChI is InChI=1S/C7H14O2.ClH.H3N/c1-8-7(9-2)5-6-3-4-6;;/h6-7H,3-5H2,1-2H3;1H;1H3. The number of ether oxygens (including phenoxy) is 2. The van der Waals surface area contributed by atoms with Crippen LogP contribution in [0.1, 0.15) is 19.3 Å². The van der Waals surface area contributed by atoms with E-state index < -0.39 is 0 Å². The lowest BCUT2D eigenvalue weighted by Gasteiger charge is -2.11. The highest BCUT2D eigenvalue weighted by molar-refractivity contribution is 5.85. The third-order valence-electron chi connectivity index (χ3n) is 1.75. The lowest BCUT2D eigenvalue weighted by atomic mass is 10.3. The van der Waals surface area contributed by atoms with Crippen LogP contribution in [0.5, 0.6) is 0 Å². The molecule has 0 aromatic rings. The monoisotopic (exact) mass is 183 g/mol. The molecular formula is C7H18ClNO2. The molecule has 0 radical (unpaired) electrons. The number of halogens is 1. The van der Waals surface area contributed by atoms with Gasteiger partial charge >= 0.3 is 0 Å². The summed E-state index contributed by atoms with van der Waals surface area (Å²) in [5.74, 6) is 0.884. The molecule has 0 unspecified atom stereocenters. The molecule has 11 heavy (non-hydrogen) atoms. The van der Waals surface area contributed by atoms with Crippen molar-refractivity contribution in [2.24, 2.45) is 5.92 Å². The molecule has 1 aliphatic carbocycles. The van der Waals surface area contributed by atoms with Crippen molar-refractivity contribution < 1.29 is 9.47 Å². The third-order valence-corrected chi connectivity index (χ3v) is 1.75. The average molecular weight is 184 g/mol. The molecule has 0 aliphatic heterocycles. The van der Waals surface area contributed by atoms with Gasteiger partial charge < -0.3 is 15.6 Å². The molecule has 70 valence electrons. The summed E-state index contributed by atoms with van der Waals surface area (Å²) in [6, 6.07) is 0. The zero-order valence-electron chi connectivity index (χ0n) is 7.21. The molecule has 1 fully saturated rings. The maximum Gasteiger partial charge on any atom is 0.157 e. The summed E-state index contributed by atoms with van der Waals surface area (Å²) < 4.78 is 10.1. The second kappa shape index (κ2) is 6.85. The van der Waals surface area contributed by atoms with Gasteiger partial charge in [0.2, 0.25) is 0 Å². The Kier molecular flexibility index (Phi) is 8.56. The molecule has 1 saturated carbocycles. The van der Waals surface area contributed by atoms with Crippen LogP contribution in [0.3, 0.4) is 0 Å². The van der Waals surface area contributed by atoms with Crippen molar-refractivity contribution >= 4 is 12.4 Å².